The maximum Gasteiger partial charge on any atom is 0.0599 e. The number of hydrogen-bond acceptors (Lipinski definition) is 4. The Labute approximate surface area is 65.2 Å². The van der Waals surface area contributed by atoms with Gasteiger partial charge >= 0.3 is 0 Å². The van der Waals surface area contributed by atoms with Crippen LogP contribution in [-0.4, -0.2) is 0 Å². The Bertz CT molecular complexity index is 267. The largest absolute Gasteiger partial charge is 0.397 e. The zero-order valence-electron chi connectivity index (χ0n) is 6.39. The van der Waals surface area contributed by atoms with Crippen molar-refractivity contribution in [2.24, 2.45) is 0 Å². The van der Waals surface area contributed by atoms with Crippen molar-refractivity contribution in [2.45, 2.75) is 6.92 Å². The monoisotopic (exact) mass is 152 g/mol. The van der Waals surface area contributed by atoms with Crippen molar-refractivity contribution < 1.29 is 0 Å². The summed E-state index contributed by atoms with van der Waals surface area (Å²) in [6.07, 6.45) is 0. The number of anilines is 4. The number of rotatable bonds is 0. The van der Waals surface area contributed by atoms with Crippen LogP contribution in [0.1, 0.15) is 5.56 Å². The van der Waals surface area contributed by atoms with Crippen molar-refractivity contribution in [3.05, 3.63) is 11.6 Å². The molecule has 0 saturated carbocycles. The van der Waals surface area contributed by atoms with Crippen LogP contribution in [0.15, 0.2) is 6.07 Å². The molecule has 0 heterocycles. The zero-order chi connectivity index (χ0) is 8.59. The predicted molar refractivity (Wildman–Crippen MR) is 48.8 cm³/mol. The Hall–Kier alpha value is -1.58. The molecule has 1 aromatic rings. The summed E-state index contributed by atoms with van der Waals surface area (Å²) in [5, 5.41) is 0. The summed E-state index contributed by atoms with van der Waals surface area (Å²) in [7, 11) is 0. The van der Waals surface area contributed by atoms with Gasteiger partial charge in [0, 0.05) is 0 Å². The molecule has 0 atom stereocenters. The lowest BCUT2D eigenvalue weighted by molar-refractivity contribution is 1.47. The van der Waals surface area contributed by atoms with Gasteiger partial charge in [0.25, 0.3) is 0 Å². The lowest BCUT2D eigenvalue weighted by Gasteiger charge is -2.09. The van der Waals surface area contributed by atoms with Crippen LogP contribution in [0.2, 0.25) is 0 Å². The molecule has 0 amide bonds. The van der Waals surface area contributed by atoms with E-state index in [4.69, 9.17) is 22.9 Å². The molecule has 0 saturated heterocycles. The molecule has 0 aliphatic heterocycles. The highest BCUT2D eigenvalue weighted by molar-refractivity contribution is 5.83. The van der Waals surface area contributed by atoms with Gasteiger partial charge in [-0.3, -0.25) is 0 Å². The van der Waals surface area contributed by atoms with Crippen LogP contribution in [0.25, 0.3) is 0 Å². The Morgan fingerprint density at radius 2 is 1.27 bits per heavy atom. The maximum atomic E-state index is 5.59. The topological polar surface area (TPSA) is 104 Å². The predicted octanol–water partition coefficient (Wildman–Crippen LogP) is 0.324. The highest BCUT2D eigenvalue weighted by Crippen LogP contribution is 2.29. The molecule has 60 valence electrons. The highest BCUT2D eigenvalue weighted by atomic mass is 14.7. The molecule has 4 heteroatoms. The number of nitrogens with two attached hydrogens (primary N) is 4. The summed E-state index contributed by atoms with van der Waals surface area (Å²) >= 11 is 0. The number of hydrogen-bond donors (Lipinski definition) is 4. The second-order valence-electron chi connectivity index (χ2n) is 2.51. The minimum Gasteiger partial charge on any atom is -0.397 e. The lowest BCUT2D eigenvalue weighted by Crippen LogP contribution is -2.04. The summed E-state index contributed by atoms with van der Waals surface area (Å²) < 4.78 is 0. The van der Waals surface area contributed by atoms with Gasteiger partial charge in [-0.2, -0.15) is 0 Å². The maximum absolute atomic E-state index is 5.59. The molecule has 1 aromatic carbocycles. The van der Waals surface area contributed by atoms with Gasteiger partial charge in [-0.15, -0.1) is 0 Å². The first-order valence-electron chi connectivity index (χ1n) is 3.23. The average Bonchev–Trinajstić information content (AvgIpc) is 1.97. The molecule has 0 radical (unpaired) electrons. The van der Waals surface area contributed by atoms with E-state index in [1.165, 1.54) is 0 Å². The fourth-order valence-corrected chi connectivity index (χ4v) is 0.901. The molecule has 0 bridgehead atoms. The van der Waals surface area contributed by atoms with Gasteiger partial charge in [0.1, 0.15) is 0 Å². The van der Waals surface area contributed by atoms with Gasteiger partial charge in [0.2, 0.25) is 0 Å². The van der Waals surface area contributed by atoms with Gasteiger partial charge in [0.05, 0.1) is 22.7 Å². The van der Waals surface area contributed by atoms with Crippen molar-refractivity contribution in [3.8, 4) is 0 Å². The second kappa shape index (κ2) is 2.23. The first kappa shape index (κ1) is 7.53. The van der Waals surface area contributed by atoms with Gasteiger partial charge in [-0.05, 0) is 18.6 Å². The van der Waals surface area contributed by atoms with E-state index in [1.54, 1.807) is 13.0 Å². The Balaban J connectivity index is 3.46. The van der Waals surface area contributed by atoms with Gasteiger partial charge in [0.15, 0.2) is 0 Å². The van der Waals surface area contributed by atoms with E-state index < -0.39 is 0 Å². The first-order valence-corrected chi connectivity index (χ1v) is 3.23. The SMILES string of the molecule is Cc1c(N)c(N)cc(N)c1N. The molecule has 0 spiro atoms. The van der Waals surface area contributed by atoms with E-state index in [1.807, 2.05) is 0 Å². The van der Waals surface area contributed by atoms with Crippen molar-refractivity contribution >= 4 is 22.7 Å². The molecule has 8 N–H and O–H groups in total. The molecular formula is C7H12N4. The van der Waals surface area contributed by atoms with E-state index in [-0.39, 0.29) is 0 Å². The Morgan fingerprint density at radius 3 is 1.64 bits per heavy atom. The van der Waals surface area contributed by atoms with Gasteiger partial charge < -0.3 is 22.9 Å². The van der Waals surface area contributed by atoms with Crippen molar-refractivity contribution in [3.63, 3.8) is 0 Å². The van der Waals surface area contributed by atoms with Crippen LogP contribution < -0.4 is 22.9 Å². The molecule has 0 aliphatic rings. The minimum atomic E-state index is 0.481. The molecule has 0 aromatic heterocycles. The summed E-state index contributed by atoms with van der Waals surface area (Å²) in [5.74, 6) is 0. The normalized spacial score (nSPS) is 9.91. The van der Waals surface area contributed by atoms with Crippen LogP contribution in [0.5, 0.6) is 0 Å². The van der Waals surface area contributed by atoms with E-state index >= 15 is 0 Å². The fourth-order valence-electron chi connectivity index (χ4n) is 0.901. The molecule has 0 aliphatic carbocycles. The third-order valence-electron chi connectivity index (χ3n) is 1.74. The molecule has 1 rings (SSSR count). The second-order valence-corrected chi connectivity index (χ2v) is 2.51. The summed E-state index contributed by atoms with van der Waals surface area (Å²) in [5.41, 5.74) is 25.0. The molecule has 0 unspecified atom stereocenters. The Kier molecular flexibility index (Phi) is 1.53. The van der Waals surface area contributed by atoms with Crippen LogP contribution >= 0.6 is 0 Å². The molecular weight excluding hydrogens is 140 g/mol. The average molecular weight is 152 g/mol. The van der Waals surface area contributed by atoms with Crippen molar-refractivity contribution in [1.82, 2.24) is 0 Å². The quantitative estimate of drug-likeness (QED) is 0.402. The van der Waals surface area contributed by atoms with Crippen LogP contribution in [0, 0.1) is 6.92 Å². The zero-order valence-corrected chi connectivity index (χ0v) is 6.39. The summed E-state index contributed by atoms with van der Waals surface area (Å²) in [4.78, 5) is 0. The third kappa shape index (κ3) is 1.02. The minimum absolute atomic E-state index is 0.481. The third-order valence-corrected chi connectivity index (χ3v) is 1.74. The molecule has 0 fully saturated rings. The van der Waals surface area contributed by atoms with Gasteiger partial charge in [-0.1, -0.05) is 0 Å². The fraction of sp³-hybridized carbons (Fsp3) is 0.143. The van der Waals surface area contributed by atoms with E-state index in [0.29, 0.717) is 22.7 Å². The summed E-state index contributed by atoms with van der Waals surface area (Å²) in [6.45, 7) is 1.79. The van der Waals surface area contributed by atoms with Crippen molar-refractivity contribution in [1.29, 1.82) is 0 Å². The van der Waals surface area contributed by atoms with E-state index in [9.17, 15) is 0 Å². The van der Waals surface area contributed by atoms with E-state index in [0.717, 1.165) is 5.56 Å². The van der Waals surface area contributed by atoms with Crippen LogP contribution in [0.4, 0.5) is 22.7 Å². The molecule has 11 heavy (non-hydrogen) atoms. The Morgan fingerprint density at radius 1 is 0.909 bits per heavy atom. The highest BCUT2D eigenvalue weighted by Gasteiger charge is 2.05. The van der Waals surface area contributed by atoms with Crippen LogP contribution in [-0.2, 0) is 0 Å². The molecule has 4 nitrogen and oxygen atoms in total. The number of benzene rings is 1. The first-order chi connectivity index (χ1) is 5.04. The van der Waals surface area contributed by atoms with Gasteiger partial charge in [-0.25, -0.2) is 0 Å². The standard InChI is InChI=1S/C7H12N4/c1-3-6(10)4(8)2-5(9)7(3)11/h2H,8-11H2,1H3. The van der Waals surface area contributed by atoms with E-state index in [2.05, 4.69) is 0 Å². The van der Waals surface area contributed by atoms with Crippen molar-refractivity contribution in [2.75, 3.05) is 22.9 Å². The summed E-state index contributed by atoms with van der Waals surface area (Å²) in [6, 6.07) is 1.57. The number of nitrogen functional groups attached to an aromatic ring is 4. The lowest BCUT2D eigenvalue weighted by atomic mass is 10.1. The van der Waals surface area contributed by atoms with Crippen LogP contribution in [0.3, 0.4) is 0 Å². The smallest absolute Gasteiger partial charge is 0.0599 e.